The second-order valence-corrected chi connectivity index (χ2v) is 9.55. The Labute approximate surface area is 221 Å². The molecule has 176 valence electrons. The van der Waals surface area contributed by atoms with Crippen LogP contribution in [0.2, 0.25) is 0 Å². The van der Waals surface area contributed by atoms with Gasteiger partial charge in [0.05, 0.1) is 0 Å². The molecule has 1 fully saturated rings. The van der Waals surface area contributed by atoms with Gasteiger partial charge in [-0.1, -0.05) is 0 Å². The molecule has 2 aliphatic rings. The van der Waals surface area contributed by atoms with Gasteiger partial charge in [-0.05, 0) is 0 Å². The molecule has 1 saturated heterocycles. The van der Waals surface area contributed by atoms with Gasteiger partial charge in [-0.15, -0.1) is 0 Å². The number of rotatable bonds is 3. The summed E-state index contributed by atoms with van der Waals surface area (Å²) in [7, 11) is 0. The van der Waals surface area contributed by atoms with Gasteiger partial charge in [0.25, 0.3) is 0 Å². The van der Waals surface area contributed by atoms with Crippen molar-refractivity contribution < 1.29 is 42.7 Å². The molecule has 1 aliphatic carbocycles. The van der Waals surface area contributed by atoms with Crippen LogP contribution in [-0.2, 0) is 17.9 Å². The normalized spacial score (nSPS) is 19.4. The van der Waals surface area contributed by atoms with Crippen LogP contribution < -0.4 is 35.0 Å². The molecule has 2 nitrogen and oxygen atoms in total. The summed E-state index contributed by atoms with van der Waals surface area (Å²) >= 11 is 2.63. The van der Waals surface area contributed by atoms with Crippen molar-refractivity contribution in [3.8, 4) is 0 Å². The first-order chi connectivity index (χ1) is 14.8. The maximum Gasteiger partial charge on any atom is -1.00 e. The molecule has 5 heteroatoms. The van der Waals surface area contributed by atoms with Crippen molar-refractivity contribution >= 4 is 10.3 Å². The molecule has 1 heterocycles. The molecule has 0 spiro atoms. The van der Waals surface area contributed by atoms with Crippen LogP contribution in [0.4, 0.5) is 5.69 Å². The van der Waals surface area contributed by atoms with Gasteiger partial charge in [0, 0.05) is 0 Å². The van der Waals surface area contributed by atoms with Gasteiger partial charge in [-0.2, -0.15) is 0 Å². The molecule has 0 aromatic heterocycles. The minimum atomic E-state index is 0. The standard InChI is InChI=1S/C28H32N2.2ClH.Ru/c1-17-9-8-10-24(15-17)28-29-16-25(26-20(4)11-18(2)12-21(26)5)30(28)27-22(6)13-19(3)14-23(27)7;;;/h1,8-9,11-15,25,29H,10,16H2,2-7H3;2*1H;/q;;;+2/p-2. The maximum atomic E-state index is 3.81. The Morgan fingerprint density at radius 1 is 0.879 bits per heavy atom. The fourth-order valence-electron chi connectivity index (χ4n) is 5.42. The van der Waals surface area contributed by atoms with E-state index in [4.69, 9.17) is 0 Å². The van der Waals surface area contributed by atoms with Crippen molar-refractivity contribution in [2.24, 2.45) is 0 Å². The van der Waals surface area contributed by atoms with Crippen LogP contribution in [0.25, 0.3) is 0 Å². The number of benzene rings is 2. The van der Waals surface area contributed by atoms with Gasteiger partial charge in [-0.25, -0.2) is 0 Å². The molecule has 1 N–H and O–H groups in total. The van der Waals surface area contributed by atoms with Gasteiger partial charge in [0.2, 0.25) is 0 Å². The Balaban J connectivity index is 0.00000193. The first kappa shape index (κ1) is 27.6. The van der Waals surface area contributed by atoms with E-state index >= 15 is 0 Å². The van der Waals surface area contributed by atoms with Crippen LogP contribution in [0.1, 0.15) is 51.4 Å². The predicted molar refractivity (Wildman–Crippen MR) is 129 cm³/mol. The minimum absolute atomic E-state index is 0. The maximum absolute atomic E-state index is 3.81. The third kappa shape index (κ3) is 5.37. The number of hydrogen-bond acceptors (Lipinski definition) is 2. The molecule has 0 amide bonds. The van der Waals surface area contributed by atoms with Gasteiger partial charge in [-0.3, -0.25) is 0 Å². The molecule has 1 aliphatic heterocycles. The monoisotopic (exact) mass is 568 g/mol. The van der Waals surface area contributed by atoms with Crippen molar-refractivity contribution in [3.05, 3.63) is 98.4 Å². The summed E-state index contributed by atoms with van der Waals surface area (Å²) in [6.45, 7) is 14.3. The number of aryl methyl sites for hydroxylation is 6. The van der Waals surface area contributed by atoms with Gasteiger partial charge < -0.3 is 24.8 Å². The van der Waals surface area contributed by atoms with Crippen molar-refractivity contribution in [2.45, 2.75) is 54.0 Å². The minimum Gasteiger partial charge on any atom is -1.00 e. The Morgan fingerprint density at radius 2 is 1.42 bits per heavy atom. The summed E-state index contributed by atoms with van der Waals surface area (Å²) in [4.78, 5) is 2.58. The van der Waals surface area contributed by atoms with Gasteiger partial charge in [0.15, 0.2) is 0 Å². The zero-order chi connectivity index (χ0) is 22.3. The fourth-order valence-corrected chi connectivity index (χ4v) is 5.73. The molecular weight excluding hydrogens is 536 g/mol. The van der Waals surface area contributed by atoms with E-state index in [9.17, 15) is 0 Å². The zero-order valence-electron chi connectivity index (χ0n) is 20.2. The first-order valence-electron chi connectivity index (χ1n) is 11.0. The van der Waals surface area contributed by atoms with Crippen LogP contribution in [-0.4, -0.2) is 11.2 Å². The summed E-state index contributed by atoms with van der Waals surface area (Å²) in [5.41, 5.74) is 13.5. The SMILES string of the molecule is Cc1cc(C)c(C2CNC(=C3C=C([CH]=[Ru+2])C=CC3)N2c2c(C)cc(C)cc2C)c(C)c1.[Cl-].[Cl-]. The first-order valence-corrected chi connectivity index (χ1v) is 12.0. The quantitative estimate of drug-likeness (QED) is 0.531. The summed E-state index contributed by atoms with van der Waals surface area (Å²) in [5, 5.41) is 3.81. The predicted octanol–water partition coefficient (Wildman–Crippen LogP) is 0.143. The number of hydrogen-bond donors (Lipinski definition) is 1. The van der Waals surface area contributed by atoms with Crippen molar-refractivity contribution in [2.75, 3.05) is 11.4 Å². The number of allylic oxidation sites excluding steroid dienone is 5. The molecule has 1 unspecified atom stereocenters. The Morgan fingerprint density at radius 3 is 1.97 bits per heavy atom. The third-order valence-electron chi connectivity index (χ3n) is 6.37. The summed E-state index contributed by atoms with van der Waals surface area (Å²) in [6.07, 6.45) is 7.74. The molecule has 0 bridgehead atoms. The largest absolute Gasteiger partial charge is 1.00 e. The number of anilines is 1. The van der Waals surface area contributed by atoms with Crippen LogP contribution in [0, 0.1) is 41.5 Å². The summed E-state index contributed by atoms with van der Waals surface area (Å²) in [6, 6.07) is 9.55. The number of nitrogens with zero attached hydrogens (tertiary/aromatic N) is 1. The molecule has 0 saturated carbocycles. The Kier molecular flexibility index (Phi) is 9.34. The van der Waals surface area contributed by atoms with E-state index in [1.54, 1.807) is 0 Å². The molecule has 2 aromatic rings. The van der Waals surface area contributed by atoms with Crippen LogP contribution in [0.5, 0.6) is 0 Å². The van der Waals surface area contributed by atoms with E-state index < -0.39 is 0 Å². The molecule has 0 radical (unpaired) electrons. The molecule has 1 atom stereocenters. The Hall–Kier alpha value is -1.67. The van der Waals surface area contributed by atoms with Crippen molar-refractivity contribution in [3.63, 3.8) is 0 Å². The average Bonchev–Trinajstić information content (AvgIpc) is 3.10. The topological polar surface area (TPSA) is 15.3 Å². The Bertz CT molecular complexity index is 1110. The fraction of sp³-hybridized carbons (Fsp3) is 0.321. The zero-order valence-corrected chi connectivity index (χ0v) is 23.4. The summed E-state index contributed by atoms with van der Waals surface area (Å²) in [5.74, 6) is 1.25. The van der Waals surface area contributed by atoms with E-state index in [2.05, 4.69) is 117 Å². The van der Waals surface area contributed by atoms with E-state index in [1.807, 2.05) is 0 Å². The van der Waals surface area contributed by atoms with E-state index in [1.165, 1.54) is 61.6 Å². The van der Waals surface area contributed by atoms with Crippen molar-refractivity contribution in [1.82, 2.24) is 5.32 Å². The van der Waals surface area contributed by atoms with E-state index in [0.717, 1.165) is 13.0 Å². The molecular formula is C28H32Cl2N2Ru. The summed E-state index contributed by atoms with van der Waals surface area (Å²) < 4.78 is 2.11. The third-order valence-corrected chi connectivity index (χ3v) is 6.95. The van der Waals surface area contributed by atoms with E-state index in [0.29, 0.717) is 0 Å². The van der Waals surface area contributed by atoms with Crippen LogP contribution in [0.15, 0.2) is 59.5 Å². The molecule has 2 aromatic carbocycles. The second kappa shape index (κ2) is 11.2. The smallest absolute Gasteiger partial charge is 1.00 e. The van der Waals surface area contributed by atoms with Gasteiger partial charge >= 0.3 is 197 Å². The number of halogens is 2. The molecule has 33 heavy (non-hydrogen) atoms. The number of nitrogens with one attached hydrogen (secondary N) is 1. The van der Waals surface area contributed by atoms with Gasteiger partial charge in [0.1, 0.15) is 0 Å². The molecule has 4 rings (SSSR count). The van der Waals surface area contributed by atoms with E-state index in [-0.39, 0.29) is 30.9 Å². The van der Waals surface area contributed by atoms with Crippen LogP contribution >= 0.6 is 0 Å². The van der Waals surface area contributed by atoms with Crippen molar-refractivity contribution in [1.29, 1.82) is 0 Å². The second-order valence-electron chi connectivity index (χ2n) is 9.05. The average molecular weight is 569 g/mol. The van der Waals surface area contributed by atoms with Crippen LogP contribution in [0.3, 0.4) is 0 Å².